The number of nitro groups is 1. The molecule has 9 nitrogen and oxygen atoms in total. The van der Waals surface area contributed by atoms with E-state index in [9.17, 15) is 23.1 Å². The van der Waals surface area contributed by atoms with Crippen molar-refractivity contribution >= 4 is 32.9 Å². The first-order chi connectivity index (χ1) is 10.3. The van der Waals surface area contributed by atoms with Crippen LogP contribution in [0.5, 0.6) is 0 Å². The van der Waals surface area contributed by atoms with Gasteiger partial charge in [-0.2, -0.15) is 8.42 Å². The van der Waals surface area contributed by atoms with Crippen molar-refractivity contribution in [3.63, 3.8) is 0 Å². The predicted octanol–water partition coefficient (Wildman–Crippen LogP) is 3.07. The zero-order valence-electron chi connectivity index (χ0n) is 10.9. The standard InChI is InChI=1S/C12H8N4O5S/c13-15-9-3-1-8(2-4-9)14-11-6-5-10(16(17)18)7-12(11)22(19,20)21/h1-7,14H/p+1. The Bertz CT molecular complexity index is 871. The molecule has 0 aliphatic heterocycles. The van der Waals surface area contributed by atoms with Gasteiger partial charge in [0.15, 0.2) is 4.98 Å². The second-order valence-corrected chi connectivity index (χ2v) is 5.57. The number of nitro benzene ring substituents is 1. The van der Waals surface area contributed by atoms with Crippen LogP contribution >= 0.6 is 0 Å². The summed E-state index contributed by atoms with van der Waals surface area (Å²) in [5.41, 5.74) is 0.241. The molecule has 10 heteroatoms. The van der Waals surface area contributed by atoms with Crippen LogP contribution in [0.15, 0.2) is 47.4 Å². The van der Waals surface area contributed by atoms with E-state index in [0.29, 0.717) is 11.4 Å². The maximum atomic E-state index is 11.4. The minimum Gasteiger partial charge on any atom is -0.354 e. The van der Waals surface area contributed by atoms with Crippen LogP contribution in [0.3, 0.4) is 0 Å². The first kappa shape index (κ1) is 15.4. The van der Waals surface area contributed by atoms with Gasteiger partial charge in [0.2, 0.25) is 5.39 Å². The van der Waals surface area contributed by atoms with Crippen LogP contribution in [0, 0.1) is 15.5 Å². The number of anilines is 2. The molecule has 0 bridgehead atoms. The second-order valence-electron chi connectivity index (χ2n) is 4.18. The van der Waals surface area contributed by atoms with Crippen molar-refractivity contribution in [3.05, 3.63) is 57.6 Å². The van der Waals surface area contributed by atoms with Gasteiger partial charge in [0.25, 0.3) is 15.8 Å². The van der Waals surface area contributed by atoms with Crippen molar-refractivity contribution in [2.75, 3.05) is 5.32 Å². The van der Waals surface area contributed by atoms with Gasteiger partial charge in [-0.25, -0.2) is 0 Å². The highest BCUT2D eigenvalue weighted by molar-refractivity contribution is 7.86. The largest absolute Gasteiger partial charge is 0.385 e. The number of benzene rings is 2. The number of nitrogens with one attached hydrogen (secondary N) is 1. The van der Waals surface area contributed by atoms with Crippen molar-refractivity contribution in [2.24, 2.45) is 0 Å². The van der Waals surface area contributed by atoms with Crippen LogP contribution in [0.4, 0.5) is 22.7 Å². The van der Waals surface area contributed by atoms with E-state index in [0.717, 1.165) is 12.1 Å². The molecule has 0 saturated carbocycles. The second kappa shape index (κ2) is 5.76. The fourth-order valence-electron chi connectivity index (χ4n) is 1.71. The normalized spacial score (nSPS) is 10.7. The molecule has 0 spiro atoms. The Morgan fingerprint density at radius 1 is 1.18 bits per heavy atom. The van der Waals surface area contributed by atoms with Crippen LogP contribution in [0.1, 0.15) is 0 Å². The molecule has 0 saturated heterocycles. The zero-order chi connectivity index (χ0) is 16.3. The average molecular weight is 321 g/mol. The van der Waals surface area contributed by atoms with Gasteiger partial charge < -0.3 is 5.32 Å². The van der Waals surface area contributed by atoms with Gasteiger partial charge in [-0.3, -0.25) is 14.7 Å². The Hall–Kier alpha value is -3.03. The van der Waals surface area contributed by atoms with Gasteiger partial charge in [-0.1, -0.05) is 0 Å². The predicted molar refractivity (Wildman–Crippen MR) is 77.4 cm³/mol. The number of nitrogens with zero attached hydrogens (tertiary/aromatic N) is 3. The highest BCUT2D eigenvalue weighted by atomic mass is 32.2. The monoisotopic (exact) mass is 321 g/mol. The minimum atomic E-state index is -4.65. The van der Waals surface area contributed by atoms with Crippen LogP contribution in [0.2, 0.25) is 0 Å². The molecule has 2 rings (SSSR count). The molecule has 0 aliphatic rings. The summed E-state index contributed by atoms with van der Waals surface area (Å²) in [6, 6.07) is 8.96. The first-order valence-electron chi connectivity index (χ1n) is 5.79. The van der Waals surface area contributed by atoms with E-state index < -0.39 is 25.6 Å². The maximum absolute atomic E-state index is 11.4. The van der Waals surface area contributed by atoms with Crippen LogP contribution in [-0.4, -0.2) is 17.9 Å². The van der Waals surface area contributed by atoms with Gasteiger partial charge in [-0.15, -0.1) is 0 Å². The smallest absolute Gasteiger partial charge is 0.354 e. The van der Waals surface area contributed by atoms with Crippen molar-refractivity contribution in [1.82, 2.24) is 0 Å². The van der Waals surface area contributed by atoms with E-state index in [2.05, 4.69) is 10.3 Å². The number of non-ortho nitro benzene ring substituents is 1. The topological polar surface area (TPSA) is 138 Å². The van der Waals surface area contributed by atoms with Crippen molar-refractivity contribution in [1.29, 1.82) is 5.39 Å². The number of rotatable bonds is 4. The molecule has 0 radical (unpaired) electrons. The molecule has 0 aromatic heterocycles. The van der Waals surface area contributed by atoms with E-state index in [1.807, 2.05) is 0 Å². The zero-order valence-corrected chi connectivity index (χ0v) is 11.7. The molecule has 2 aromatic rings. The van der Waals surface area contributed by atoms with Crippen molar-refractivity contribution in [3.8, 4) is 0 Å². The minimum absolute atomic E-state index is 0.0261. The molecule has 2 N–H and O–H groups in total. The molecule has 22 heavy (non-hydrogen) atoms. The number of hydrogen-bond donors (Lipinski definition) is 2. The molecule has 2 aromatic carbocycles. The van der Waals surface area contributed by atoms with Crippen LogP contribution in [-0.2, 0) is 10.1 Å². The number of hydrogen-bond acceptors (Lipinski definition) is 6. The highest BCUT2D eigenvalue weighted by Gasteiger charge is 2.20. The SMILES string of the molecule is N#[N+]c1ccc(Nc2ccc([N+](=O)[O-])cc2S(=O)(=O)O)cc1. The van der Waals surface area contributed by atoms with Crippen LogP contribution in [0.25, 0.3) is 4.98 Å². The van der Waals surface area contributed by atoms with Crippen molar-refractivity contribution in [2.45, 2.75) is 4.90 Å². The molecule has 0 atom stereocenters. The average Bonchev–Trinajstić information content (AvgIpc) is 2.47. The van der Waals surface area contributed by atoms with E-state index in [1.165, 1.54) is 30.3 Å². The van der Waals surface area contributed by atoms with Crippen molar-refractivity contribution < 1.29 is 17.9 Å². The summed E-state index contributed by atoms with van der Waals surface area (Å²) in [7, 11) is -4.65. The van der Waals surface area contributed by atoms with E-state index in [4.69, 9.17) is 5.39 Å². The fraction of sp³-hybridized carbons (Fsp3) is 0. The highest BCUT2D eigenvalue weighted by Crippen LogP contribution is 2.29. The summed E-state index contributed by atoms with van der Waals surface area (Å²) in [4.78, 5) is 12.3. The summed E-state index contributed by atoms with van der Waals surface area (Å²) < 4.78 is 31.9. The summed E-state index contributed by atoms with van der Waals surface area (Å²) >= 11 is 0. The summed E-state index contributed by atoms with van der Waals surface area (Å²) in [5, 5.41) is 22.0. The Kier molecular flexibility index (Phi) is 4.02. The van der Waals surface area contributed by atoms with Gasteiger partial charge in [0, 0.05) is 30.0 Å². The molecule has 0 fully saturated rings. The van der Waals surface area contributed by atoms with E-state index in [1.54, 1.807) is 0 Å². The number of diazo groups is 1. The lowest BCUT2D eigenvalue weighted by Crippen LogP contribution is -2.04. The van der Waals surface area contributed by atoms with Gasteiger partial charge in [0.1, 0.15) is 4.90 Å². The van der Waals surface area contributed by atoms with E-state index >= 15 is 0 Å². The quantitative estimate of drug-likeness (QED) is 0.382. The molecule has 0 amide bonds. The molecule has 0 aliphatic carbocycles. The van der Waals surface area contributed by atoms with E-state index in [-0.39, 0.29) is 5.69 Å². The lowest BCUT2D eigenvalue weighted by atomic mass is 10.2. The lowest BCUT2D eigenvalue weighted by molar-refractivity contribution is -0.385. The third kappa shape index (κ3) is 3.35. The summed E-state index contributed by atoms with van der Waals surface area (Å²) in [5.74, 6) is 0. The molecule has 0 heterocycles. The summed E-state index contributed by atoms with van der Waals surface area (Å²) in [6.45, 7) is 0. The van der Waals surface area contributed by atoms with Crippen LogP contribution < -0.4 is 5.32 Å². The van der Waals surface area contributed by atoms with Gasteiger partial charge >= 0.3 is 5.69 Å². The lowest BCUT2D eigenvalue weighted by Gasteiger charge is -2.09. The molecular formula is C12H9N4O5S+. The first-order valence-corrected chi connectivity index (χ1v) is 7.23. The third-order valence-electron chi connectivity index (χ3n) is 2.72. The molecular weight excluding hydrogens is 312 g/mol. The Balaban J connectivity index is 2.46. The fourth-order valence-corrected chi connectivity index (χ4v) is 2.37. The maximum Gasteiger partial charge on any atom is 0.385 e. The molecule has 0 unspecified atom stereocenters. The van der Waals surface area contributed by atoms with Gasteiger partial charge in [0.05, 0.1) is 10.6 Å². The Morgan fingerprint density at radius 2 is 1.82 bits per heavy atom. The molecule has 112 valence electrons. The van der Waals surface area contributed by atoms with Gasteiger partial charge in [-0.05, 0) is 18.2 Å². The Morgan fingerprint density at radius 3 is 2.32 bits per heavy atom. The Labute approximate surface area is 124 Å². The summed E-state index contributed by atoms with van der Waals surface area (Å²) in [6.07, 6.45) is 0. The third-order valence-corrected chi connectivity index (χ3v) is 3.61.